The highest BCUT2D eigenvalue weighted by atomic mass is 79.9. The molecule has 0 unspecified atom stereocenters. The third-order valence-corrected chi connectivity index (χ3v) is 3.35. The van der Waals surface area contributed by atoms with Gasteiger partial charge in [-0.15, -0.1) is 0 Å². The van der Waals surface area contributed by atoms with Gasteiger partial charge in [0.2, 0.25) is 0 Å². The van der Waals surface area contributed by atoms with Crippen LogP contribution in [0, 0.1) is 11.7 Å². The Labute approximate surface area is 123 Å². The van der Waals surface area contributed by atoms with E-state index in [1.165, 1.54) is 11.6 Å². The largest absolute Gasteiger partial charge is 0.383 e. The number of methoxy groups -OCH3 is 1. The van der Waals surface area contributed by atoms with Gasteiger partial charge < -0.3 is 10.1 Å². The minimum Gasteiger partial charge on any atom is -0.383 e. The van der Waals surface area contributed by atoms with Crippen molar-refractivity contribution in [1.29, 1.82) is 0 Å². The van der Waals surface area contributed by atoms with E-state index in [9.17, 15) is 4.39 Å². The molecule has 0 spiro atoms. The van der Waals surface area contributed by atoms with Crippen molar-refractivity contribution in [1.82, 2.24) is 5.32 Å². The Bertz CT molecular complexity index is 432. The lowest BCUT2D eigenvalue weighted by atomic mass is 10.00. The molecule has 106 valence electrons. The lowest BCUT2D eigenvalue weighted by molar-refractivity contribution is 0.200. The van der Waals surface area contributed by atoms with Crippen LogP contribution in [0.25, 0.3) is 6.08 Å². The molecule has 0 radical (unpaired) electrons. The Morgan fingerprint density at radius 2 is 2.21 bits per heavy atom. The van der Waals surface area contributed by atoms with Gasteiger partial charge in [-0.05, 0) is 18.1 Å². The first-order valence-corrected chi connectivity index (χ1v) is 7.19. The fourth-order valence-corrected chi connectivity index (χ4v) is 1.98. The SMILES string of the molecule is COCCNCC(=Cc1ccc(Br)cc1F)C(C)C. The minimum absolute atomic E-state index is 0.204. The standard InChI is InChI=1S/C15H21BrFNO/c1-11(2)13(10-18-6-7-19-3)8-12-4-5-14(16)9-15(12)17/h4-5,8-9,11,18H,6-7,10H2,1-3H3. The van der Waals surface area contributed by atoms with Gasteiger partial charge in [0.15, 0.2) is 0 Å². The lowest BCUT2D eigenvalue weighted by Crippen LogP contribution is -2.23. The molecule has 0 saturated heterocycles. The maximum absolute atomic E-state index is 13.8. The quantitative estimate of drug-likeness (QED) is 0.767. The zero-order valence-corrected chi connectivity index (χ0v) is 13.3. The Kier molecular flexibility index (Phi) is 7.28. The number of ether oxygens (including phenoxy) is 1. The summed E-state index contributed by atoms with van der Waals surface area (Å²) in [4.78, 5) is 0. The zero-order valence-electron chi connectivity index (χ0n) is 11.7. The third-order valence-electron chi connectivity index (χ3n) is 2.86. The maximum Gasteiger partial charge on any atom is 0.131 e. The van der Waals surface area contributed by atoms with Gasteiger partial charge in [-0.25, -0.2) is 4.39 Å². The Morgan fingerprint density at radius 3 is 2.79 bits per heavy atom. The Morgan fingerprint density at radius 1 is 1.47 bits per heavy atom. The molecule has 0 atom stereocenters. The zero-order chi connectivity index (χ0) is 14.3. The summed E-state index contributed by atoms with van der Waals surface area (Å²) in [5.41, 5.74) is 1.80. The Hall–Kier alpha value is -0.710. The average molecular weight is 330 g/mol. The summed E-state index contributed by atoms with van der Waals surface area (Å²) in [7, 11) is 1.68. The molecular weight excluding hydrogens is 309 g/mol. The van der Waals surface area contributed by atoms with Crippen LogP contribution < -0.4 is 5.32 Å². The first kappa shape index (κ1) is 16.3. The molecule has 1 N–H and O–H groups in total. The number of rotatable bonds is 7. The van der Waals surface area contributed by atoms with E-state index in [1.807, 2.05) is 12.1 Å². The van der Waals surface area contributed by atoms with Gasteiger partial charge in [-0.2, -0.15) is 0 Å². The van der Waals surface area contributed by atoms with E-state index in [4.69, 9.17) is 4.74 Å². The summed E-state index contributed by atoms with van der Waals surface area (Å²) < 4.78 is 19.5. The van der Waals surface area contributed by atoms with Crippen LogP contribution in [-0.2, 0) is 4.74 Å². The Balaban J connectivity index is 2.76. The monoisotopic (exact) mass is 329 g/mol. The number of halogens is 2. The molecule has 0 aromatic heterocycles. The van der Waals surface area contributed by atoms with Gasteiger partial charge in [0.1, 0.15) is 5.82 Å². The van der Waals surface area contributed by atoms with Gasteiger partial charge in [0.25, 0.3) is 0 Å². The van der Waals surface area contributed by atoms with Crippen molar-refractivity contribution in [2.45, 2.75) is 13.8 Å². The smallest absolute Gasteiger partial charge is 0.131 e. The summed E-state index contributed by atoms with van der Waals surface area (Å²) in [6.45, 7) is 6.44. The van der Waals surface area contributed by atoms with E-state index in [1.54, 1.807) is 13.2 Å². The van der Waals surface area contributed by atoms with Crippen molar-refractivity contribution in [2.75, 3.05) is 26.8 Å². The summed E-state index contributed by atoms with van der Waals surface area (Å²) in [5, 5.41) is 3.29. The van der Waals surface area contributed by atoms with Crippen LogP contribution in [0.2, 0.25) is 0 Å². The molecule has 2 nitrogen and oxygen atoms in total. The molecule has 0 heterocycles. The van der Waals surface area contributed by atoms with Gasteiger partial charge in [-0.1, -0.05) is 47.5 Å². The summed E-state index contributed by atoms with van der Waals surface area (Å²) in [5.74, 6) is 0.169. The third kappa shape index (κ3) is 5.85. The molecular formula is C15H21BrFNO. The molecule has 0 bridgehead atoms. The van der Waals surface area contributed by atoms with Crippen molar-refractivity contribution in [3.8, 4) is 0 Å². The molecule has 0 aliphatic heterocycles. The highest BCUT2D eigenvalue weighted by molar-refractivity contribution is 9.10. The fourth-order valence-electron chi connectivity index (χ4n) is 1.65. The van der Waals surface area contributed by atoms with Crippen molar-refractivity contribution >= 4 is 22.0 Å². The molecule has 19 heavy (non-hydrogen) atoms. The second kappa shape index (κ2) is 8.46. The highest BCUT2D eigenvalue weighted by Gasteiger charge is 2.06. The normalized spacial score (nSPS) is 12.2. The molecule has 1 aromatic carbocycles. The van der Waals surface area contributed by atoms with Crippen LogP contribution in [0.15, 0.2) is 28.2 Å². The number of hydrogen-bond donors (Lipinski definition) is 1. The lowest BCUT2D eigenvalue weighted by Gasteiger charge is -2.13. The summed E-state index contributed by atoms with van der Waals surface area (Å²) >= 11 is 3.26. The van der Waals surface area contributed by atoms with Gasteiger partial charge in [0.05, 0.1) is 6.61 Å². The van der Waals surface area contributed by atoms with Crippen LogP contribution in [0.5, 0.6) is 0 Å². The molecule has 1 aromatic rings. The van der Waals surface area contributed by atoms with Crippen LogP contribution in [0.4, 0.5) is 4.39 Å². The van der Waals surface area contributed by atoms with Crippen molar-refractivity contribution in [3.63, 3.8) is 0 Å². The van der Waals surface area contributed by atoms with E-state index >= 15 is 0 Å². The number of hydrogen-bond acceptors (Lipinski definition) is 2. The van der Waals surface area contributed by atoms with E-state index in [0.717, 1.165) is 17.6 Å². The second-order valence-electron chi connectivity index (χ2n) is 4.71. The molecule has 1 rings (SSSR count). The van der Waals surface area contributed by atoms with Gasteiger partial charge in [-0.3, -0.25) is 0 Å². The van der Waals surface area contributed by atoms with E-state index in [-0.39, 0.29) is 5.82 Å². The van der Waals surface area contributed by atoms with E-state index in [0.29, 0.717) is 18.1 Å². The van der Waals surface area contributed by atoms with Crippen molar-refractivity contribution < 1.29 is 9.13 Å². The summed E-state index contributed by atoms with van der Waals surface area (Å²) in [6, 6.07) is 5.13. The predicted octanol–water partition coefficient (Wildman–Crippen LogP) is 3.86. The molecule has 0 saturated carbocycles. The number of benzene rings is 1. The van der Waals surface area contributed by atoms with Crippen LogP contribution in [0.3, 0.4) is 0 Å². The molecule has 0 aliphatic carbocycles. The van der Waals surface area contributed by atoms with Gasteiger partial charge in [0, 0.05) is 30.2 Å². The predicted molar refractivity (Wildman–Crippen MR) is 81.7 cm³/mol. The van der Waals surface area contributed by atoms with Crippen molar-refractivity contribution in [3.05, 3.63) is 39.6 Å². The molecule has 0 amide bonds. The van der Waals surface area contributed by atoms with E-state index in [2.05, 4.69) is 35.1 Å². The van der Waals surface area contributed by atoms with Crippen LogP contribution in [0.1, 0.15) is 19.4 Å². The molecule has 0 aliphatic rings. The molecule has 4 heteroatoms. The average Bonchev–Trinajstić information content (AvgIpc) is 2.35. The molecule has 0 fully saturated rings. The minimum atomic E-state index is -0.204. The highest BCUT2D eigenvalue weighted by Crippen LogP contribution is 2.20. The fraction of sp³-hybridized carbons (Fsp3) is 0.467. The van der Waals surface area contributed by atoms with Crippen molar-refractivity contribution in [2.24, 2.45) is 5.92 Å². The topological polar surface area (TPSA) is 21.3 Å². The second-order valence-corrected chi connectivity index (χ2v) is 5.63. The number of nitrogens with one attached hydrogen (secondary N) is 1. The first-order valence-electron chi connectivity index (χ1n) is 6.39. The summed E-state index contributed by atoms with van der Waals surface area (Å²) in [6.07, 6.45) is 1.92. The first-order chi connectivity index (χ1) is 9.04. The maximum atomic E-state index is 13.8. The van der Waals surface area contributed by atoms with Crippen LogP contribution in [-0.4, -0.2) is 26.8 Å². The van der Waals surface area contributed by atoms with Gasteiger partial charge >= 0.3 is 0 Å². The van der Waals surface area contributed by atoms with E-state index < -0.39 is 0 Å². The van der Waals surface area contributed by atoms with Crippen LogP contribution >= 0.6 is 15.9 Å².